The fourth-order valence-corrected chi connectivity index (χ4v) is 4.13. The van der Waals surface area contributed by atoms with Crippen molar-refractivity contribution in [2.45, 2.75) is 37.6 Å². The van der Waals surface area contributed by atoms with Crippen LogP contribution in [-0.4, -0.2) is 29.7 Å². The highest BCUT2D eigenvalue weighted by Gasteiger charge is 2.23. The van der Waals surface area contributed by atoms with Crippen molar-refractivity contribution in [2.75, 3.05) is 21.3 Å². The number of hydrogen-bond donors (Lipinski definition) is 1. The molecule has 7 heteroatoms. The monoisotopic (exact) mass is 393 g/mol. The van der Waals surface area contributed by atoms with Crippen LogP contribution in [0.3, 0.4) is 0 Å². The average Bonchev–Trinajstić information content (AvgIpc) is 2.66. The van der Waals surface area contributed by atoms with Crippen molar-refractivity contribution in [3.8, 4) is 17.2 Å². The lowest BCUT2D eigenvalue weighted by Crippen LogP contribution is -2.27. The molecule has 0 amide bonds. The Morgan fingerprint density at radius 3 is 1.96 bits per heavy atom. The van der Waals surface area contributed by atoms with E-state index >= 15 is 0 Å². The van der Waals surface area contributed by atoms with Gasteiger partial charge in [-0.15, -0.1) is 0 Å². The highest BCUT2D eigenvalue weighted by Crippen LogP contribution is 2.32. The van der Waals surface area contributed by atoms with E-state index in [1.165, 1.54) is 0 Å². The third kappa shape index (κ3) is 4.73. The molecule has 0 saturated carbocycles. The summed E-state index contributed by atoms with van der Waals surface area (Å²) in [6.45, 7) is 5.75. The van der Waals surface area contributed by atoms with Gasteiger partial charge in [0.1, 0.15) is 17.2 Å². The first-order chi connectivity index (χ1) is 12.7. The van der Waals surface area contributed by atoms with Crippen molar-refractivity contribution in [1.82, 2.24) is 4.72 Å². The lowest BCUT2D eigenvalue weighted by molar-refractivity contribution is 0.395. The van der Waals surface area contributed by atoms with Crippen LogP contribution in [0.2, 0.25) is 0 Å². The van der Waals surface area contributed by atoms with Crippen LogP contribution < -0.4 is 18.9 Å². The number of benzene rings is 2. The lowest BCUT2D eigenvalue weighted by atomic mass is 10.0. The second-order valence-electron chi connectivity index (χ2n) is 6.51. The fourth-order valence-electron chi connectivity index (χ4n) is 2.87. The summed E-state index contributed by atoms with van der Waals surface area (Å²) in [4.78, 5) is 0.195. The number of sulfonamides is 1. The number of rotatable bonds is 8. The van der Waals surface area contributed by atoms with Gasteiger partial charge < -0.3 is 14.2 Å². The Morgan fingerprint density at radius 2 is 1.41 bits per heavy atom. The van der Waals surface area contributed by atoms with Crippen LogP contribution in [-0.2, 0) is 10.0 Å². The molecule has 0 aliphatic carbocycles. The zero-order valence-corrected chi connectivity index (χ0v) is 17.4. The van der Waals surface area contributed by atoms with Gasteiger partial charge in [0.15, 0.2) is 0 Å². The molecule has 2 aromatic rings. The Labute approximate surface area is 161 Å². The zero-order chi connectivity index (χ0) is 20.2. The summed E-state index contributed by atoms with van der Waals surface area (Å²) in [6, 6.07) is 9.65. The minimum atomic E-state index is -3.74. The van der Waals surface area contributed by atoms with Crippen molar-refractivity contribution in [1.29, 1.82) is 0 Å². The summed E-state index contributed by atoms with van der Waals surface area (Å²) in [5, 5.41) is 0. The highest BCUT2D eigenvalue weighted by atomic mass is 32.2. The van der Waals surface area contributed by atoms with Crippen LogP contribution in [0.25, 0.3) is 0 Å². The van der Waals surface area contributed by atoms with Gasteiger partial charge in [-0.05, 0) is 54.8 Å². The summed E-state index contributed by atoms with van der Waals surface area (Å²) in [5.41, 5.74) is 1.53. The van der Waals surface area contributed by atoms with E-state index in [-0.39, 0.29) is 10.8 Å². The van der Waals surface area contributed by atoms with E-state index < -0.39 is 16.1 Å². The van der Waals surface area contributed by atoms with Crippen molar-refractivity contribution in [3.63, 3.8) is 0 Å². The Balaban J connectivity index is 2.37. The van der Waals surface area contributed by atoms with Crippen molar-refractivity contribution >= 4 is 10.0 Å². The van der Waals surface area contributed by atoms with Gasteiger partial charge in [-0.2, -0.15) is 0 Å². The number of methoxy groups -OCH3 is 3. The Morgan fingerprint density at radius 1 is 0.815 bits per heavy atom. The van der Waals surface area contributed by atoms with E-state index in [0.29, 0.717) is 22.8 Å². The Hall–Kier alpha value is -2.25. The highest BCUT2D eigenvalue weighted by molar-refractivity contribution is 7.89. The Kier molecular flexibility index (Phi) is 6.73. The maximum absolute atomic E-state index is 12.9. The average molecular weight is 394 g/mol. The minimum Gasteiger partial charge on any atom is -0.497 e. The maximum atomic E-state index is 12.9. The van der Waals surface area contributed by atoms with Crippen LogP contribution in [0.4, 0.5) is 0 Å². The zero-order valence-electron chi connectivity index (χ0n) is 16.6. The van der Waals surface area contributed by atoms with Crippen LogP contribution in [0.1, 0.15) is 43.9 Å². The molecule has 0 spiro atoms. The summed E-state index contributed by atoms with van der Waals surface area (Å²) >= 11 is 0. The topological polar surface area (TPSA) is 73.9 Å². The van der Waals surface area contributed by atoms with Gasteiger partial charge >= 0.3 is 0 Å². The molecule has 2 rings (SSSR count). The number of ether oxygens (including phenoxy) is 3. The van der Waals surface area contributed by atoms with E-state index in [4.69, 9.17) is 14.2 Å². The van der Waals surface area contributed by atoms with Crippen LogP contribution in [0, 0.1) is 0 Å². The molecule has 0 aliphatic rings. The van der Waals surface area contributed by atoms with Gasteiger partial charge in [0.25, 0.3) is 0 Å². The largest absolute Gasteiger partial charge is 0.497 e. The molecule has 148 valence electrons. The molecule has 0 bridgehead atoms. The van der Waals surface area contributed by atoms with Gasteiger partial charge in [0.05, 0.1) is 26.2 Å². The van der Waals surface area contributed by atoms with E-state index in [1.54, 1.807) is 64.7 Å². The molecule has 0 fully saturated rings. The second-order valence-corrected chi connectivity index (χ2v) is 8.22. The van der Waals surface area contributed by atoms with E-state index in [9.17, 15) is 8.42 Å². The number of hydrogen-bond acceptors (Lipinski definition) is 5. The fraction of sp³-hybridized carbons (Fsp3) is 0.400. The first-order valence-electron chi connectivity index (χ1n) is 8.65. The third-order valence-corrected chi connectivity index (χ3v) is 5.91. The van der Waals surface area contributed by atoms with Gasteiger partial charge in [0.2, 0.25) is 10.0 Å². The van der Waals surface area contributed by atoms with Crippen LogP contribution in [0.15, 0.2) is 41.3 Å². The molecule has 0 radical (unpaired) electrons. The van der Waals surface area contributed by atoms with E-state index in [1.807, 2.05) is 13.8 Å². The molecular weight excluding hydrogens is 366 g/mol. The molecular formula is C20H27NO5S. The van der Waals surface area contributed by atoms with Gasteiger partial charge in [0, 0.05) is 11.6 Å². The first-order valence-corrected chi connectivity index (χ1v) is 10.1. The maximum Gasteiger partial charge on any atom is 0.241 e. The summed E-state index contributed by atoms with van der Waals surface area (Å²) < 4.78 is 44.5. The molecule has 27 heavy (non-hydrogen) atoms. The van der Waals surface area contributed by atoms with Crippen LogP contribution >= 0.6 is 0 Å². The minimum absolute atomic E-state index is 0.131. The van der Waals surface area contributed by atoms with Crippen molar-refractivity contribution in [2.24, 2.45) is 0 Å². The van der Waals surface area contributed by atoms with E-state index in [2.05, 4.69) is 4.72 Å². The normalized spacial score (nSPS) is 12.7. The Bertz CT molecular complexity index is 893. The summed E-state index contributed by atoms with van der Waals surface area (Å²) in [6.07, 6.45) is 0. The molecule has 1 atom stereocenters. The van der Waals surface area contributed by atoms with Gasteiger partial charge in [-0.25, -0.2) is 13.1 Å². The molecule has 2 aromatic carbocycles. The lowest BCUT2D eigenvalue weighted by Gasteiger charge is -2.19. The standard InChI is InChI=1S/C20H27NO5S/c1-13(2)17-12-16(8-10-19(17)25-5)27(22,23)21-14(3)18-11-15(24-4)7-9-20(18)26-6/h7-14,21H,1-6H3. The predicted molar refractivity (Wildman–Crippen MR) is 105 cm³/mol. The van der Waals surface area contributed by atoms with Crippen molar-refractivity contribution in [3.05, 3.63) is 47.5 Å². The van der Waals surface area contributed by atoms with Crippen LogP contribution in [0.5, 0.6) is 17.2 Å². The molecule has 1 unspecified atom stereocenters. The van der Waals surface area contributed by atoms with Gasteiger partial charge in [-0.3, -0.25) is 0 Å². The van der Waals surface area contributed by atoms with E-state index in [0.717, 1.165) is 5.56 Å². The molecule has 0 aromatic heterocycles. The summed E-state index contributed by atoms with van der Waals surface area (Å²) in [7, 11) is 0.946. The second kappa shape index (κ2) is 8.63. The SMILES string of the molecule is COc1ccc(OC)c(C(C)NS(=O)(=O)c2ccc(OC)c(C(C)C)c2)c1. The molecule has 0 aliphatic heterocycles. The smallest absolute Gasteiger partial charge is 0.241 e. The van der Waals surface area contributed by atoms with Gasteiger partial charge in [-0.1, -0.05) is 13.8 Å². The third-order valence-electron chi connectivity index (χ3n) is 4.37. The molecule has 1 N–H and O–H groups in total. The predicted octanol–water partition coefficient (Wildman–Crippen LogP) is 3.88. The molecule has 0 saturated heterocycles. The quantitative estimate of drug-likeness (QED) is 0.737. The molecule has 0 heterocycles. The number of nitrogens with one attached hydrogen (secondary N) is 1. The summed E-state index contributed by atoms with van der Waals surface area (Å²) in [5.74, 6) is 2.02. The first kappa shape index (κ1) is 21.1. The molecule has 6 nitrogen and oxygen atoms in total. The van der Waals surface area contributed by atoms with Crippen molar-refractivity contribution < 1.29 is 22.6 Å².